The maximum Gasteiger partial charge on any atom is 0.262 e. The van der Waals surface area contributed by atoms with Gasteiger partial charge < -0.3 is 5.32 Å². The summed E-state index contributed by atoms with van der Waals surface area (Å²) in [5.41, 5.74) is 1.98. The fourth-order valence-electron chi connectivity index (χ4n) is 3.04. The number of anilines is 1. The Kier molecular flexibility index (Phi) is 6.16. The SMILES string of the molecule is O=C(CSc1nc2ccccc2c(=O)n1Cc1ccccc1Cl)Nc1ccccc1. The molecule has 1 N–H and O–H groups in total. The van der Waals surface area contributed by atoms with Gasteiger partial charge in [-0.3, -0.25) is 14.2 Å². The van der Waals surface area contributed by atoms with E-state index in [1.54, 1.807) is 22.8 Å². The average molecular weight is 436 g/mol. The zero-order valence-electron chi connectivity index (χ0n) is 15.9. The highest BCUT2D eigenvalue weighted by Crippen LogP contribution is 2.22. The minimum Gasteiger partial charge on any atom is -0.325 e. The second kappa shape index (κ2) is 9.15. The zero-order valence-corrected chi connectivity index (χ0v) is 17.5. The van der Waals surface area contributed by atoms with E-state index in [0.29, 0.717) is 21.1 Å². The van der Waals surface area contributed by atoms with Crippen LogP contribution in [0.4, 0.5) is 5.69 Å². The molecule has 4 rings (SSSR count). The van der Waals surface area contributed by atoms with Crippen molar-refractivity contribution < 1.29 is 4.79 Å². The number of hydrogen-bond donors (Lipinski definition) is 1. The molecule has 0 aliphatic carbocycles. The van der Waals surface area contributed by atoms with E-state index in [1.807, 2.05) is 60.7 Å². The Morgan fingerprint density at radius 1 is 0.967 bits per heavy atom. The number of fused-ring (bicyclic) bond motifs is 1. The number of para-hydroxylation sites is 2. The first-order valence-corrected chi connectivity index (χ1v) is 10.7. The highest BCUT2D eigenvalue weighted by molar-refractivity contribution is 7.99. The van der Waals surface area contributed by atoms with E-state index in [9.17, 15) is 9.59 Å². The van der Waals surface area contributed by atoms with Crippen LogP contribution in [0.2, 0.25) is 5.02 Å². The van der Waals surface area contributed by atoms with Crippen LogP contribution < -0.4 is 10.9 Å². The van der Waals surface area contributed by atoms with Gasteiger partial charge in [0, 0.05) is 10.7 Å². The Morgan fingerprint density at radius 2 is 1.67 bits per heavy atom. The Labute approximate surface area is 182 Å². The van der Waals surface area contributed by atoms with E-state index < -0.39 is 0 Å². The average Bonchev–Trinajstić information content (AvgIpc) is 2.76. The summed E-state index contributed by atoms with van der Waals surface area (Å²) in [5, 5.41) is 4.43. The first-order chi connectivity index (χ1) is 14.6. The quantitative estimate of drug-likeness (QED) is 0.348. The van der Waals surface area contributed by atoms with Crippen LogP contribution >= 0.6 is 23.4 Å². The summed E-state index contributed by atoms with van der Waals surface area (Å²) >= 11 is 7.53. The number of halogens is 1. The van der Waals surface area contributed by atoms with Gasteiger partial charge in [-0.05, 0) is 35.9 Å². The molecule has 0 radical (unpaired) electrons. The van der Waals surface area contributed by atoms with Crippen LogP contribution in [0.1, 0.15) is 5.56 Å². The maximum atomic E-state index is 13.2. The minimum absolute atomic E-state index is 0.127. The lowest BCUT2D eigenvalue weighted by atomic mass is 10.2. The van der Waals surface area contributed by atoms with Crippen molar-refractivity contribution in [1.29, 1.82) is 0 Å². The Hall–Kier alpha value is -3.09. The van der Waals surface area contributed by atoms with Crippen LogP contribution in [0, 0.1) is 0 Å². The minimum atomic E-state index is -0.169. The van der Waals surface area contributed by atoms with Crippen molar-refractivity contribution in [2.45, 2.75) is 11.7 Å². The van der Waals surface area contributed by atoms with Crippen molar-refractivity contribution in [1.82, 2.24) is 9.55 Å². The van der Waals surface area contributed by atoms with Crippen molar-refractivity contribution >= 4 is 45.9 Å². The zero-order chi connectivity index (χ0) is 20.9. The Bertz CT molecular complexity index is 1260. The lowest BCUT2D eigenvalue weighted by molar-refractivity contribution is -0.113. The molecule has 0 atom stereocenters. The monoisotopic (exact) mass is 435 g/mol. The van der Waals surface area contributed by atoms with Gasteiger partial charge >= 0.3 is 0 Å². The van der Waals surface area contributed by atoms with Crippen molar-refractivity contribution in [3.05, 3.63) is 99.8 Å². The largest absolute Gasteiger partial charge is 0.325 e. The normalized spacial score (nSPS) is 10.8. The molecule has 0 aliphatic rings. The molecule has 1 aromatic heterocycles. The van der Waals surface area contributed by atoms with Crippen molar-refractivity contribution in [2.24, 2.45) is 0 Å². The molecular weight excluding hydrogens is 418 g/mol. The lowest BCUT2D eigenvalue weighted by Crippen LogP contribution is -2.25. The summed E-state index contributed by atoms with van der Waals surface area (Å²) in [6, 6.07) is 23.8. The van der Waals surface area contributed by atoms with Crippen LogP contribution in [-0.2, 0) is 11.3 Å². The van der Waals surface area contributed by atoms with E-state index in [1.165, 1.54) is 11.8 Å². The molecular formula is C23H18ClN3O2S. The predicted molar refractivity (Wildman–Crippen MR) is 122 cm³/mol. The lowest BCUT2D eigenvalue weighted by Gasteiger charge is -2.14. The van der Waals surface area contributed by atoms with Gasteiger partial charge in [-0.2, -0.15) is 0 Å². The summed E-state index contributed by atoms with van der Waals surface area (Å²) in [7, 11) is 0. The molecule has 0 bridgehead atoms. The fraction of sp³-hybridized carbons (Fsp3) is 0.0870. The van der Waals surface area contributed by atoms with Gasteiger partial charge in [-0.15, -0.1) is 0 Å². The first-order valence-electron chi connectivity index (χ1n) is 9.32. The molecule has 4 aromatic rings. The van der Waals surface area contributed by atoms with Gasteiger partial charge in [0.1, 0.15) is 0 Å². The molecule has 1 heterocycles. The number of nitrogens with zero attached hydrogens (tertiary/aromatic N) is 2. The molecule has 150 valence electrons. The van der Waals surface area contributed by atoms with Crippen molar-refractivity contribution in [3.63, 3.8) is 0 Å². The van der Waals surface area contributed by atoms with Crippen LogP contribution in [0.5, 0.6) is 0 Å². The number of carbonyl (C=O) groups excluding carboxylic acids is 1. The van der Waals surface area contributed by atoms with Gasteiger partial charge in [0.05, 0.1) is 23.2 Å². The fourth-order valence-corrected chi connectivity index (χ4v) is 4.04. The number of hydrogen-bond acceptors (Lipinski definition) is 4. The molecule has 0 unspecified atom stereocenters. The summed E-state index contributed by atoms with van der Waals surface area (Å²) in [4.78, 5) is 30.2. The summed E-state index contributed by atoms with van der Waals surface area (Å²) in [6.07, 6.45) is 0. The number of benzene rings is 3. The van der Waals surface area contributed by atoms with E-state index in [2.05, 4.69) is 10.3 Å². The second-order valence-corrected chi connectivity index (χ2v) is 7.95. The number of rotatable bonds is 6. The number of aromatic nitrogens is 2. The van der Waals surface area contributed by atoms with Gasteiger partial charge in [-0.25, -0.2) is 4.98 Å². The summed E-state index contributed by atoms with van der Waals surface area (Å²) < 4.78 is 1.57. The van der Waals surface area contributed by atoms with E-state index in [-0.39, 0.29) is 23.8 Å². The molecule has 5 nitrogen and oxygen atoms in total. The number of carbonyl (C=O) groups is 1. The number of amides is 1. The summed E-state index contributed by atoms with van der Waals surface area (Å²) in [5.74, 6) is -0.0414. The Balaban J connectivity index is 1.64. The van der Waals surface area contributed by atoms with Gasteiger partial charge in [0.25, 0.3) is 5.56 Å². The topological polar surface area (TPSA) is 64.0 Å². The van der Waals surface area contributed by atoms with Gasteiger partial charge in [-0.1, -0.05) is 71.9 Å². The van der Waals surface area contributed by atoms with E-state index in [4.69, 9.17) is 11.6 Å². The summed E-state index contributed by atoms with van der Waals surface area (Å²) in [6.45, 7) is 0.277. The van der Waals surface area contributed by atoms with E-state index >= 15 is 0 Å². The molecule has 3 aromatic carbocycles. The standard InChI is InChI=1S/C23H18ClN3O2S/c24-19-12-6-4-8-16(19)14-27-22(29)18-11-5-7-13-20(18)26-23(27)30-15-21(28)25-17-9-2-1-3-10-17/h1-13H,14-15H2,(H,25,28). The van der Waals surface area contributed by atoms with Crippen molar-refractivity contribution in [2.75, 3.05) is 11.1 Å². The van der Waals surface area contributed by atoms with Gasteiger partial charge in [0.2, 0.25) is 5.91 Å². The smallest absolute Gasteiger partial charge is 0.262 e. The van der Waals surface area contributed by atoms with Crippen molar-refractivity contribution in [3.8, 4) is 0 Å². The molecule has 1 amide bonds. The van der Waals surface area contributed by atoms with Gasteiger partial charge in [0.15, 0.2) is 5.16 Å². The highest BCUT2D eigenvalue weighted by atomic mass is 35.5. The predicted octanol–water partition coefficient (Wildman–Crippen LogP) is 4.83. The molecule has 0 aliphatic heterocycles. The molecule has 0 fully saturated rings. The van der Waals surface area contributed by atoms with Crippen LogP contribution in [0.25, 0.3) is 10.9 Å². The number of thioether (sulfide) groups is 1. The van der Waals surface area contributed by atoms with Crippen LogP contribution in [0.3, 0.4) is 0 Å². The molecule has 0 saturated heterocycles. The van der Waals surface area contributed by atoms with Crippen LogP contribution in [0.15, 0.2) is 88.8 Å². The maximum absolute atomic E-state index is 13.2. The first kappa shape index (κ1) is 20.2. The molecule has 7 heteroatoms. The molecule has 0 saturated carbocycles. The van der Waals surface area contributed by atoms with E-state index in [0.717, 1.165) is 11.3 Å². The number of nitrogens with one attached hydrogen (secondary N) is 1. The third-order valence-corrected chi connectivity index (χ3v) is 5.85. The Morgan fingerprint density at radius 3 is 2.47 bits per heavy atom. The third-order valence-electron chi connectivity index (χ3n) is 4.50. The molecule has 30 heavy (non-hydrogen) atoms. The molecule has 0 spiro atoms. The third kappa shape index (κ3) is 4.56. The highest BCUT2D eigenvalue weighted by Gasteiger charge is 2.14. The van der Waals surface area contributed by atoms with Crippen LogP contribution in [-0.4, -0.2) is 21.2 Å². The second-order valence-electron chi connectivity index (χ2n) is 6.60.